The summed E-state index contributed by atoms with van der Waals surface area (Å²) in [4.78, 5) is 2.36. The number of halogens is 1. The Morgan fingerprint density at radius 3 is 2.53 bits per heavy atom. The molecule has 6 heteroatoms. The van der Waals surface area contributed by atoms with Crippen LogP contribution in [-0.4, -0.2) is 39.5 Å². The first-order valence-corrected chi connectivity index (χ1v) is 8.21. The van der Waals surface area contributed by atoms with Gasteiger partial charge in [-0.05, 0) is 57.6 Å². The van der Waals surface area contributed by atoms with Crippen LogP contribution in [0.4, 0.5) is 0 Å². The lowest BCUT2D eigenvalue weighted by atomic mass is 10.1. The van der Waals surface area contributed by atoms with Gasteiger partial charge in [0.1, 0.15) is 4.90 Å². The SMILES string of the molecule is Cc1ccc(S(=O)(=O)NC2CCN(C)CC2)c(Cl)c1. The lowest BCUT2D eigenvalue weighted by molar-refractivity contribution is 0.248. The monoisotopic (exact) mass is 302 g/mol. The summed E-state index contributed by atoms with van der Waals surface area (Å²) in [5.74, 6) is 0. The Kier molecular flexibility index (Phi) is 4.50. The molecule has 1 aliphatic rings. The van der Waals surface area contributed by atoms with E-state index in [0.29, 0.717) is 0 Å². The van der Waals surface area contributed by atoms with E-state index in [0.717, 1.165) is 31.5 Å². The number of sulfonamides is 1. The molecule has 0 unspecified atom stereocenters. The zero-order valence-electron chi connectivity index (χ0n) is 11.2. The first-order valence-electron chi connectivity index (χ1n) is 6.35. The molecule has 1 heterocycles. The summed E-state index contributed by atoms with van der Waals surface area (Å²) in [5, 5.41) is 0.278. The molecule has 0 radical (unpaired) electrons. The van der Waals surface area contributed by atoms with E-state index in [1.54, 1.807) is 18.2 Å². The van der Waals surface area contributed by atoms with Crippen LogP contribution in [0.5, 0.6) is 0 Å². The van der Waals surface area contributed by atoms with Gasteiger partial charge in [0.15, 0.2) is 0 Å². The third-order valence-corrected chi connectivity index (χ3v) is 5.42. The second-order valence-corrected chi connectivity index (χ2v) is 7.22. The van der Waals surface area contributed by atoms with Crippen LogP contribution in [0.25, 0.3) is 0 Å². The van der Waals surface area contributed by atoms with Gasteiger partial charge in [0.05, 0.1) is 5.02 Å². The normalized spacial score (nSPS) is 18.7. The van der Waals surface area contributed by atoms with Crippen molar-refractivity contribution >= 4 is 21.6 Å². The summed E-state index contributed by atoms with van der Waals surface area (Å²) in [6.07, 6.45) is 1.67. The van der Waals surface area contributed by atoms with Gasteiger partial charge in [-0.15, -0.1) is 0 Å². The van der Waals surface area contributed by atoms with E-state index in [9.17, 15) is 8.42 Å². The Bertz CT molecular complexity index is 552. The number of piperidine rings is 1. The molecule has 0 bridgehead atoms. The summed E-state index contributed by atoms with van der Waals surface area (Å²) in [5.41, 5.74) is 0.947. The number of rotatable bonds is 3. The number of hydrogen-bond donors (Lipinski definition) is 1. The highest BCUT2D eigenvalue weighted by atomic mass is 35.5. The summed E-state index contributed by atoms with van der Waals surface area (Å²) >= 11 is 6.03. The second-order valence-electron chi connectivity index (χ2n) is 5.13. The van der Waals surface area contributed by atoms with Crippen LogP contribution in [0.1, 0.15) is 18.4 Å². The van der Waals surface area contributed by atoms with Gasteiger partial charge in [-0.2, -0.15) is 0 Å². The second kappa shape index (κ2) is 5.79. The topological polar surface area (TPSA) is 49.4 Å². The minimum absolute atomic E-state index is 0.00132. The molecule has 1 saturated heterocycles. The quantitative estimate of drug-likeness (QED) is 0.929. The fraction of sp³-hybridized carbons (Fsp3) is 0.538. The third-order valence-electron chi connectivity index (χ3n) is 3.42. The van der Waals surface area contributed by atoms with Gasteiger partial charge in [0.25, 0.3) is 0 Å². The number of nitrogens with one attached hydrogen (secondary N) is 1. The maximum atomic E-state index is 12.3. The largest absolute Gasteiger partial charge is 0.306 e. The molecule has 1 aliphatic heterocycles. The van der Waals surface area contributed by atoms with E-state index >= 15 is 0 Å². The number of benzene rings is 1. The minimum Gasteiger partial charge on any atom is -0.306 e. The number of likely N-dealkylation sites (tertiary alicyclic amines) is 1. The Morgan fingerprint density at radius 1 is 1.32 bits per heavy atom. The number of nitrogens with zero attached hydrogens (tertiary/aromatic N) is 1. The predicted molar refractivity (Wildman–Crippen MR) is 77.0 cm³/mol. The van der Waals surface area contributed by atoms with Crippen molar-refractivity contribution in [3.05, 3.63) is 28.8 Å². The van der Waals surface area contributed by atoms with E-state index in [4.69, 9.17) is 11.6 Å². The Morgan fingerprint density at radius 2 is 1.95 bits per heavy atom. The molecule has 0 amide bonds. The van der Waals surface area contributed by atoms with Gasteiger partial charge in [0.2, 0.25) is 10.0 Å². The van der Waals surface area contributed by atoms with E-state index in [-0.39, 0.29) is 16.0 Å². The standard InChI is InChI=1S/C13H19ClN2O2S/c1-10-3-4-13(12(14)9-10)19(17,18)15-11-5-7-16(2)8-6-11/h3-4,9,11,15H,5-8H2,1-2H3. The Labute approximate surface area is 119 Å². The van der Waals surface area contributed by atoms with Crippen molar-refractivity contribution in [3.8, 4) is 0 Å². The van der Waals surface area contributed by atoms with Crippen LogP contribution in [0.2, 0.25) is 5.02 Å². The predicted octanol–water partition coefficient (Wildman–Crippen LogP) is 2.02. The average molecular weight is 303 g/mol. The highest BCUT2D eigenvalue weighted by Crippen LogP contribution is 2.23. The molecule has 19 heavy (non-hydrogen) atoms. The molecule has 1 fully saturated rings. The molecular weight excluding hydrogens is 284 g/mol. The third kappa shape index (κ3) is 3.69. The fourth-order valence-corrected chi connectivity index (χ4v) is 4.14. The molecule has 1 aromatic rings. The number of hydrogen-bond acceptors (Lipinski definition) is 3. The molecule has 0 spiro atoms. The molecule has 2 rings (SSSR count). The summed E-state index contributed by atoms with van der Waals surface area (Å²) in [6.45, 7) is 3.70. The first-order chi connectivity index (χ1) is 8.88. The fourth-order valence-electron chi connectivity index (χ4n) is 2.23. The highest BCUT2D eigenvalue weighted by molar-refractivity contribution is 7.89. The van der Waals surface area contributed by atoms with Gasteiger partial charge in [-0.3, -0.25) is 0 Å². The van der Waals surface area contributed by atoms with Crippen LogP contribution < -0.4 is 4.72 Å². The molecule has 4 nitrogen and oxygen atoms in total. The zero-order valence-corrected chi connectivity index (χ0v) is 12.8. The number of aryl methyl sites for hydroxylation is 1. The summed E-state index contributed by atoms with van der Waals surface area (Å²) in [7, 11) is -1.48. The van der Waals surface area contributed by atoms with Crippen LogP contribution in [0.15, 0.2) is 23.1 Å². The van der Waals surface area contributed by atoms with E-state index in [1.165, 1.54) is 0 Å². The van der Waals surface area contributed by atoms with Crippen LogP contribution in [-0.2, 0) is 10.0 Å². The first kappa shape index (κ1) is 14.8. The van der Waals surface area contributed by atoms with Crippen molar-refractivity contribution in [2.45, 2.75) is 30.7 Å². The van der Waals surface area contributed by atoms with Crippen molar-refractivity contribution < 1.29 is 8.42 Å². The van der Waals surface area contributed by atoms with E-state index in [2.05, 4.69) is 9.62 Å². The average Bonchev–Trinajstić information content (AvgIpc) is 2.31. The maximum absolute atomic E-state index is 12.3. The lowest BCUT2D eigenvalue weighted by Crippen LogP contribution is -2.43. The van der Waals surface area contributed by atoms with Gasteiger partial charge < -0.3 is 4.90 Å². The van der Waals surface area contributed by atoms with Gasteiger partial charge in [-0.25, -0.2) is 13.1 Å². The molecule has 0 aromatic heterocycles. The molecule has 1 N–H and O–H groups in total. The molecule has 106 valence electrons. The minimum atomic E-state index is -3.53. The molecule has 0 atom stereocenters. The lowest BCUT2D eigenvalue weighted by Gasteiger charge is -2.29. The van der Waals surface area contributed by atoms with Gasteiger partial charge in [0, 0.05) is 6.04 Å². The summed E-state index contributed by atoms with van der Waals surface area (Å²) in [6, 6.07) is 4.99. The Balaban J connectivity index is 2.14. The molecular formula is C13H19ClN2O2S. The van der Waals surface area contributed by atoms with Crippen LogP contribution >= 0.6 is 11.6 Å². The van der Waals surface area contributed by atoms with E-state index in [1.807, 2.05) is 14.0 Å². The van der Waals surface area contributed by atoms with Crippen molar-refractivity contribution in [2.24, 2.45) is 0 Å². The zero-order chi connectivity index (χ0) is 14.0. The van der Waals surface area contributed by atoms with Crippen LogP contribution in [0.3, 0.4) is 0 Å². The summed E-state index contributed by atoms with van der Waals surface area (Å²) < 4.78 is 27.4. The van der Waals surface area contributed by atoms with Crippen LogP contribution in [0, 0.1) is 6.92 Å². The van der Waals surface area contributed by atoms with Crippen molar-refractivity contribution in [2.75, 3.05) is 20.1 Å². The van der Waals surface area contributed by atoms with Crippen molar-refractivity contribution in [3.63, 3.8) is 0 Å². The van der Waals surface area contributed by atoms with Gasteiger partial charge in [-0.1, -0.05) is 17.7 Å². The van der Waals surface area contributed by atoms with Crippen molar-refractivity contribution in [1.82, 2.24) is 9.62 Å². The van der Waals surface area contributed by atoms with Gasteiger partial charge >= 0.3 is 0 Å². The molecule has 0 saturated carbocycles. The molecule has 0 aliphatic carbocycles. The Hall–Kier alpha value is -0.620. The van der Waals surface area contributed by atoms with Crippen molar-refractivity contribution in [1.29, 1.82) is 0 Å². The van der Waals surface area contributed by atoms with E-state index < -0.39 is 10.0 Å². The maximum Gasteiger partial charge on any atom is 0.242 e. The smallest absolute Gasteiger partial charge is 0.242 e. The molecule has 1 aromatic carbocycles. The highest BCUT2D eigenvalue weighted by Gasteiger charge is 2.24.